The van der Waals surface area contributed by atoms with Gasteiger partial charge in [-0.15, -0.1) is 0 Å². The van der Waals surface area contributed by atoms with Gasteiger partial charge in [-0.3, -0.25) is 18.2 Å². The Hall–Kier alpha value is -6.86. The normalized spacial score (nSPS) is 13.0. The van der Waals surface area contributed by atoms with Gasteiger partial charge in [0.25, 0.3) is 31.9 Å². The van der Waals surface area contributed by atoms with E-state index < -0.39 is 55.4 Å². The van der Waals surface area contributed by atoms with Crippen LogP contribution in [0.2, 0.25) is 10.0 Å². The molecule has 0 radical (unpaired) electrons. The first-order chi connectivity index (χ1) is 30.3. The Morgan fingerprint density at radius 2 is 0.922 bits per heavy atom. The summed E-state index contributed by atoms with van der Waals surface area (Å²) in [5, 5.41) is 23.3. The third-order valence-corrected chi connectivity index (χ3v) is 14.3. The SMILES string of the molecule is O=C(Nc1ccc(C(=O)O)c(Cl)c1)c1ccc2c(c1)N(S(=O)(=O)c1cccc(F)c1)CC2.O=C(Nc1ccc(C(=O)O)c(Cl)c1)c1ccc2c(c1)N(S(=O)(=O)c1cccc(F)c1)CC2. The number of carboxylic acid groups (broad SMARTS) is 2. The number of nitrogens with one attached hydrogen (secondary N) is 2. The molecule has 328 valence electrons. The van der Waals surface area contributed by atoms with Crippen molar-refractivity contribution >= 4 is 89.8 Å². The second-order valence-electron chi connectivity index (χ2n) is 14.2. The number of aromatic carboxylic acids is 2. The lowest BCUT2D eigenvalue weighted by molar-refractivity contribution is 0.0686. The summed E-state index contributed by atoms with van der Waals surface area (Å²) in [6, 6.07) is 26.9. The Balaban J connectivity index is 0.000000191. The van der Waals surface area contributed by atoms with Crippen LogP contribution < -0.4 is 19.2 Å². The lowest BCUT2D eigenvalue weighted by Gasteiger charge is -2.20. The van der Waals surface area contributed by atoms with Crippen molar-refractivity contribution in [3.05, 3.63) is 176 Å². The summed E-state index contributed by atoms with van der Waals surface area (Å²) in [6.45, 7) is 0.344. The maximum atomic E-state index is 13.6. The topological polar surface area (TPSA) is 208 Å². The highest BCUT2D eigenvalue weighted by Crippen LogP contribution is 2.36. The summed E-state index contributed by atoms with van der Waals surface area (Å²) >= 11 is 11.9. The van der Waals surface area contributed by atoms with Crippen LogP contribution in [0.15, 0.2) is 131 Å². The van der Waals surface area contributed by atoms with Gasteiger partial charge in [-0.1, -0.05) is 47.5 Å². The van der Waals surface area contributed by atoms with Crippen LogP contribution in [0.1, 0.15) is 52.6 Å². The number of halogens is 4. The summed E-state index contributed by atoms with van der Waals surface area (Å²) in [5.41, 5.74) is 2.96. The number of nitrogens with zero attached hydrogens (tertiary/aromatic N) is 2. The van der Waals surface area contributed by atoms with Gasteiger partial charge in [-0.25, -0.2) is 35.2 Å². The molecular formula is C44H32Cl2F2N4O10S2. The number of anilines is 4. The first-order valence-electron chi connectivity index (χ1n) is 18.8. The number of carboxylic acids is 2. The smallest absolute Gasteiger partial charge is 0.337 e. The number of hydrogen-bond acceptors (Lipinski definition) is 8. The second-order valence-corrected chi connectivity index (χ2v) is 18.7. The van der Waals surface area contributed by atoms with Crippen LogP contribution in [0.5, 0.6) is 0 Å². The van der Waals surface area contributed by atoms with Gasteiger partial charge in [-0.05, 0) is 121 Å². The molecule has 8 rings (SSSR count). The van der Waals surface area contributed by atoms with E-state index in [0.717, 1.165) is 44.0 Å². The molecule has 0 spiro atoms. The number of carbonyl (C=O) groups is 4. The van der Waals surface area contributed by atoms with Crippen molar-refractivity contribution in [2.75, 3.05) is 32.3 Å². The molecule has 14 nitrogen and oxygen atoms in total. The van der Waals surface area contributed by atoms with Crippen molar-refractivity contribution in [1.29, 1.82) is 0 Å². The van der Waals surface area contributed by atoms with E-state index in [4.69, 9.17) is 33.4 Å². The minimum Gasteiger partial charge on any atom is -0.478 e. The zero-order valence-electron chi connectivity index (χ0n) is 32.8. The minimum atomic E-state index is -4.01. The van der Waals surface area contributed by atoms with E-state index >= 15 is 0 Å². The third kappa shape index (κ3) is 9.40. The van der Waals surface area contributed by atoms with E-state index in [9.17, 15) is 44.8 Å². The summed E-state index contributed by atoms with van der Waals surface area (Å²) in [6.07, 6.45) is 0.913. The van der Waals surface area contributed by atoms with Gasteiger partial charge < -0.3 is 20.8 Å². The standard InChI is InChI=1S/2C22H16ClFN2O5S/c2*23-19-12-16(6-7-18(19)22(28)29)25-21(27)14-5-4-13-8-9-26(20(13)10-14)32(30,31)17-3-1-2-15(24)11-17/h2*1-7,10-12H,8-9H2,(H,25,27)(H,28,29). The molecule has 0 bridgehead atoms. The van der Waals surface area contributed by atoms with Crippen LogP contribution in [0.4, 0.5) is 31.5 Å². The molecule has 6 aromatic carbocycles. The lowest BCUT2D eigenvalue weighted by Crippen LogP contribution is -2.29. The van der Waals surface area contributed by atoms with Crippen molar-refractivity contribution in [3.63, 3.8) is 0 Å². The third-order valence-electron chi connectivity index (χ3n) is 10.1. The molecule has 4 N–H and O–H groups in total. The summed E-state index contributed by atoms with van der Waals surface area (Å²) in [4.78, 5) is 47.3. The van der Waals surface area contributed by atoms with E-state index in [1.165, 1.54) is 72.8 Å². The minimum absolute atomic E-state index is 0.0309. The highest BCUT2D eigenvalue weighted by Gasteiger charge is 2.33. The molecule has 0 saturated heterocycles. The molecule has 0 saturated carbocycles. The van der Waals surface area contributed by atoms with Crippen molar-refractivity contribution in [1.82, 2.24) is 0 Å². The largest absolute Gasteiger partial charge is 0.478 e. The Morgan fingerprint density at radius 1 is 0.531 bits per heavy atom. The van der Waals surface area contributed by atoms with E-state index in [1.54, 1.807) is 24.3 Å². The molecule has 0 aromatic heterocycles. The highest BCUT2D eigenvalue weighted by molar-refractivity contribution is 7.93. The van der Waals surface area contributed by atoms with Crippen molar-refractivity contribution in [3.8, 4) is 0 Å². The number of rotatable bonds is 10. The van der Waals surface area contributed by atoms with Crippen LogP contribution in [-0.4, -0.2) is 63.9 Å². The fraction of sp³-hybridized carbons (Fsp3) is 0.0909. The number of benzene rings is 6. The van der Waals surface area contributed by atoms with Crippen molar-refractivity contribution in [2.45, 2.75) is 22.6 Å². The first kappa shape index (κ1) is 45.2. The quantitative estimate of drug-likeness (QED) is 0.103. The summed E-state index contributed by atoms with van der Waals surface area (Å²) in [7, 11) is -8.01. The fourth-order valence-electron chi connectivity index (χ4n) is 6.93. The zero-order valence-corrected chi connectivity index (χ0v) is 35.9. The van der Waals surface area contributed by atoms with E-state index in [0.29, 0.717) is 24.2 Å². The molecule has 64 heavy (non-hydrogen) atoms. The van der Waals surface area contributed by atoms with Gasteiger partial charge >= 0.3 is 11.9 Å². The number of carbonyl (C=O) groups excluding carboxylic acids is 2. The average Bonchev–Trinajstić information content (AvgIpc) is 3.89. The maximum Gasteiger partial charge on any atom is 0.337 e. The molecule has 0 aliphatic carbocycles. The Kier molecular flexibility index (Phi) is 12.8. The molecule has 2 aliphatic heterocycles. The number of hydrogen-bond donors (Lipinski definition) is 4. The lowest BCUT2D eigenvalue weighted by atomic mass is 10.1. The van der Waals surface area contributed by atoms with Gasteiger partial charge in [0.2, 0.25) is 0 Å². The first-order valence-corrected chi connectivity index (χ1v) is 22.5. The molecule has 0 atom stereocenters. The summed E-state index contributed by atoms with van der Waals surface area (Å²) < 4.78 is 81.6. The number of amides is 2. The Bertz CT molecular complexity index is 2930. The van der Waals surface area contributed by atoms with Crippen LogP contribution in [0.25, 0.3) is 0 Å². The maximum absolute atomic E-state index is 13.6. The molecule has 2 amide bonds. The number of sulfonamides is 2. The number of fused-ring (bicyclic) bond motifs is 2. The average molecular weight is 950 g/mol. The van der Waals surface area contributed by atoms with Crippen LogP contribution >= 0.6 is 23.2 Å². The van der Waals surface area contributed by atoms with Crippen LogP contribution in [0.3, 0.4) is 0 Å². The molecule has 0 unspecified atom stereocenters. The predicted octanol–water partition coefficient (Wildman–Crippen LogP) is 8.36. The molecule has 2 aliphatic rings. The molecule has 6 aromatic rings. The van der Waals surface area contributed by atoms with Crippen LogP contribution in [-0.2, 0) is 32.9 Å². The monoisotopic (exact) mass is 948 g/mol. The Labute approximate surface area is 374 Å². The van der Waals surface area contributed by atoms with E-state index in [-0.39, 0.29) is 66.6 Å². The van der Waals surface area contributed by atoms with E-state index in [2.05, 4.69) is 10.6 Å². The highest BCUT2D eigenvalue weighted by atomic mass is 35.5. The second kappa shape index (κ2) is 18.1. The molecule has 20 heteroatoms. The van der Waals surface area contributed by atoms with E-state index in [1.807, 2.05) is 0 Å². The van der Waals surface area contributed by atoms with Gasteiger partial charge in [0.1, 0.15) is 11.6 Å². The fourth-order valence-corrected chi connectivity index (χ4v) is 10.5. The zero-order chi connectivity index (χ0) is 46.1. The van der Waals surface area contributed by atoms with Gasteiger partial charge in [-0.2, -0.15) is 0 Å². The van der Waals surface area contributed by atoms with Gasteiger partial charge in [0, 0.05) is 35.6 Å². The summed E-state index contributed by atoms with van der Waals surface area (Å²) in [5.74, 6) is -4.75. The van der Waals surface area contributed by atoms with Gasteiger partial charge in [0.05, 0.1) is 42.3 Å². The van der Waals surface area contributed by atoms with Gasteiger partial charge in [0.15, 0.2) is 0 Å². The molecule has 2 heterocycles. The molecule has 0 fully saturated rings. The molecular weight excluding hydrogens is 918 g/mol. The van der Waals surface area contributed by atoms with Crippen molar-refractivity contribution in [2.24, 2.45) is 0 Å². The predicted molar refractivity (Wildman–Crippen MR) is 235 cm³/mol. The Morgan fingerprint density at radius 3 is 1.27 bits per heavy atom. The van der Waals surface area contributed by atoms with Crippen LogP contribution in [0, 0.1) is 11.6 Å². The van der Waals surface area contributed by atoms with Crippen molar-refractivity contribution < 1.29 is 55.0 Å².